The van der Waals surface area contributed by atoms with E-state index >= 15 is 0 Å². The average Bonchev–Trinajstić information content (AvgIpc) is 3.08. The molecule has 2 N–H and O–H groups in total. The fraction of sp³-hybridized carbons (Fsp3) is 0.267. The van der Waals surface area contributed by atoms with E-state index in [1.807, 2.05) is 18.2 Å². The van der Waals surface area contributed by atoms with Gasteiger partial charge in [0.1, 0.15) is 0 Å². The van der Waals surface area contributed by atoms with Crippen molar-refractivity contribution in [1.29, 1.82) is 0 Å². The van der Waals surface area contributed by atoms with Gasteiger partial charge in [-0.05, 0) is 52.9 Å². The van der Waals surface area contributed by atoms with Crippen molar-refractivity contribution in [3.8, 4) is 0 Å². The van der Waals surface area contributed by atoms with Crippen LogP contribution in [0.2, 0.25) is 0 Å². The molecule has 0 saturated carbocycles. The maximum Gasteiger partial charge on any atom is 0.251 e. The van der Waals surface area contributed by atoms with Crippen LogP contribution in [-0.4, -0.2) is 19.0 Å². The van der Waals surface area contributed by atoms with Crippen molar-refractivity contribution in [3.05, 3.63) is 51.7 Å². The first-order valence-corrected chi connectivity index (χ1v) is 7.43. The van der Waals surface area contributed by atoms with Gasteiger partial charge in [0.05, 0.1) is 0 Å². The van der Waals surface area contributed by atoms with Crippen molar-refractivity contribution >= 4 is 22.9 Å². The molecule has 0 radical (unpaired) electrons. The number of benzene rings is 1. The highest BCUT2D eigenvalue weighted by Gasteiger charge is 2.13. The number of hydrogen-bond donors (Lipinski definition) is 2. The Morgan fingerprint density at radius 3 is 3.16 bits per heavy atom. The number of thiophene rings is 1. The molecule has 0 spiro atoms. The second-order valence-electron chi connectivity index (χ2n) is 4.69. The molecule has 2 heterocycles. The zero-order valence-corrected chi connectivity index (χ0v) is 11.4. The lowest BCUT2D eigenvalue weighted by Crippen LogP contribution is -2.25. The van der Waals surface area contributed by atoms with Gasteiger partial charge < -0.3 is 10.6 Å². The average molecular weight is 272 g/mol. The number of rotatable bonds is 4. The van der Waals surface area contributed by atoms with Crippen LogP contribution in [0.3, 0.4) is 0 Å². The number of nitrogens with one attached hydrogen (secondary N) is 2. The maximum atomic E-state index is 12.0. The second kappa shape index (κ2) is 5.45. The Balaban J connectivity index is 1.58. The molecular weight excluding hydrogens is 256 g/mol. The van der Waals surface area contributed by atoms with Crippen molar-refractivity contribution < 1.29 is 4.79 Å². The summed E-state index contributed by atoms with van der Waals surface area (Å²) >= 11 is 1.69. The molecule has 0 bridgehead atoms. The Morgan fingerprint density at radius 1 is 1.37 bits per heavy atom. The van der Waals surface area contributed by atoms with Crippen LogP contribution in [0.5, 0.6) is 0 Å². The van der Waals surface area contributed by atoms with Crippen LogP contribution in [0.15, 0.2) is 35.0 Å². The van der Waals surface area contributed by atoms with E-state index in [4.69, 9.17) is 0 Å². The van der Waals surface area contributed by atoms with Crippen LogP contribution < -0.4 is 10.6 Å². The molecule has 0 atom stereocenters. The Morgan fingerprint density at radius 2 is 2.32 bits per heavy atom. The molecule has 1 aromatic carbocycles. The van der Waals surface area contributed by atoms with Crippen LogP contribution in [-0.2, 0) is 12.8 Å². The van der Waals surface area contributed by atoms with Crippen molar-refractivity contribution in [2.24, 2.45) is 0 Å². The second-order valence-corrected chi connectivity index (χ2v) is 5.47. The molecule has 0 saturated heterocycles. The minimum atomic E-state index is 0.00623. The molecular formula is C15H16N2OS. The molecule has 2 aromatic rings. The molecule has 1 aliphatic rings. The van der Waals surface area contributed by atoms with Gasteiger partial charge in [0.25, 0.3) is 5.91 Å². The first-order valence-electron chi connectivity index (χ1n) is 6.49. The molecule has 3 nitrogen and oxygen atoms in total. The van der Waals surface area contributed by atoms with Crippen LogP contribution in [0.25, 0.3) is 0 Å². The molecule has 1 amide bonds. The van der Waals surface area contributed by atoms with E-state index in [1.165, 1.54) is 11.1 Å². The predicted molar refractivity (Wildman–Crippen MR) is 79.0 cm³/mol. The third kappa shape index (κ3) is 2.79. The van der Waals surface area contributed by atoms with Crippen molar-refractivity contribution in [2.75, 3.05) is 18.4 Å². The lowest BCUT2D eigenvalue weighted by atomic mass is 10.1. The zero-order chi connectivity index (χ0) is 13.1. The summed E-state index contributed by atoms with van der Waals surface area (Å²) in [5.41, 5.74) is 4.42. The molecule has 19 heavy (non-hydrogen) atoms. The minimum Gasteiger partial charge on any atom is -0.384 e. The minimum absolute atomic E-state index is 0.00623. The third-order valence-electron chi connectivity index (χ3n) is 3.36. The Bertz CT molecular complexity index is 578. The fourth-order valence-corrected chi connectivity index (χ4v) is 2.99. The van der Waals surface area contributed by atoms with Crippen LogP contribution in [0.1, 0.15) is 21.5 Å². The van der Waals surface area contributed by atoms with E-state index in [0.29, 0.717) is 6.54 Å². The predicted octanol–water partition coefficient (Wildman–Crippen LogP) is 2.69. The van der Waals surface area contributed by atoms with Gasteiger partial charge in [-0.2, -0.15) is 11.3 Å². The van der Waals surface area contributed by atoms with Crippen molar-refractivity contribution in [3.63, 3.8) is 0 Å². The van der Waals surface area contributed by atoms with E-state index < -0.39 is 0 Å². The van der Waals surface area contributed by atoms with E-state index in [9.17, 15) is 4.79 Å². The highest BCUT2D eigenvalue weighted by atomic mass is 32.1. The number of amides is 1. The van der Waals surface area contributed by atoms with Gasteiger partial charge >= 0.3 is 0 Å². The van der Waals surface area contributed by atoms with E-state index in [0.717, 1.165) is 30.6 Å². The number of anilines is 1. The van der Waals surface area contributed by atoms with Gasteiger partial charge in [-0.1, -0.05) is 6.07 Å². The van der Waals surface area contributed by atoms with Gasteiger partial charge in [0.15, 0.2) is 0 Å². The molecule has 0 fully saturated rings. The smallest absolute Gasteiger partial charge is 0.251 e. The topological polar surface area (TPSA) is 41.1 Å². The molecule has 3 rings (SSSR count). The Labute approximate surface area is 116 Å². The van der Waals surface area contributed by atoms with E-state index in [1.54, 1.807) is 11.3 Å². The summed E-state index contributed by atoms with van der Waals surface area (Å²) in [5, 5.41) is 10.4. The number of hydrogen-bond acceptors (Lipinski definition) is 3. The zero-order valence-electron chi connectivity index (χ0n) is 10.6. The molecule has 98 valence electrons. The van der Waals surface area contributed by atoms with Gasteiger partial charge in [0.2, 0.25) is 0 Å². The van der Waals surface area contributed by atoms with Crippen LogP contribution >= 0.6 is 11.3 Å². The van der Waals surface area contributed by atoms with E-state index in [2.05, 4.69) is 27.5 Å². The summed E-state index contributed by atoms with van der Waals surface area (Å²) in [6, 6.07) is 7.99. The largest absolute Gasteiger partial charge is 0.384 e. The van der Waals surface area contributed by atoms with Crippen molar-refractivity contribution in [1.82, 2.24) is 5.32 Å². The summed E-state index contributed by atoms with van der Waals surface area (Å²) in [5.74, 6) is 0.00623. The van der Waals surface area contributed by atoms with Gasteiger partial charge in [0, 0.05) is 24.3 Å². The lowest BCUT2D eigenvalue weighted by molar-refractivity contribution is 0.0954. The van der Waals surface area contributed by atoms with Gasteiger partial charge in [-0.15, -0.1) is 0 Å². The summed E-state index contributed by atoms with van der Waals surface area (Å²) in [4.78, 5) is 12.0. The first-order chi connectivity index (χ1) is 9.33. The maximum absolute atomic E-state index is 12.0. The number of fused-ring (bicyclic) bond motifs is 1. The first kappa shape index (κ1) is 12.2. The molecule has 0 aliphatic carbocycles. The Kier molecular flexibility index (Phi) is 3.51. The third-order valence-corrected chi connectivity index (χ3v) is 4.09. The lowest BCUT2D eigenvalue weighted by Gasteiger charge is -2.06. The molecule has 4 heteroatoms. The quantitative estimate of drug-likeness (QED) is 0.898. The molecule has 1 aliphatic heterocycles. The summed E-state index contributed by atoms with van der Waals surface area (Å²) in [7, 11) is 0. The summed E-state index contributed by atoms with van der Waals surface area (Å²) < 4.78 is 0. The van der Waals surface area contributed by atoms with Crippen LogP contribution in [0, 0.1) is 0 Å². The summed E-state index contributed by atoms with van der Waals surface area (Å²) in [6.45, 7) is 1.65. The van der Waals surface area contributed by atoms with Gasteiger partial charge in [-0.25, -0.2) is 0 Å². The molecule has 0 unspecified atom stereocenters. The normalized spacial score (nSPS) is 12.8. The SMILES string of the molecule is O=C(NCCc1ccsc1)c1ccc2c(c1)NCC2. The van der Waals surface area contributed by atoms with Gasteiger partial charge in [-0.3, -0.25) is 4.79 Å². The number of carbonyl (C=O) groups excluding carboxylic acids is 1. The number of carbonyl (C=O) groups is 1. The fourth-order valence-electron chi connectivity index (χ4n) is 2.29. The summed E-state index contributed by atoms with van der Waals surface area (Å²) in [6.07, 6.45) is 1.94. The Hall–Kier alpha value is -1.81. The van der Waals surface area contributed by atoms with Crippen LogP contribution in [0.4, 0.5) is 5.69 Å². The highest BCUT2D eigenvalue weighted by Crippen LogP contribution is 2.23. The molecule has 1 aromatic heterocycles. The van der Waals surface area contributed by atoms with Crippen molar-refractivity contribution in [2.45, 2.75) is 12.8 Å². The monoisotopic (exact) mass is 272 g/mol. The standard InChI is InChI=1S/C15H16N2OS/c18-15(17-6-3-11-5-8-19-10-11)13-2-1-12-4-7-16-14(12)9-13/h1-2,5,8-10,16H,3-4,6-7H2,(H,17,18). The highest BCUT2D eigenvalue weighted by molar-refractivity contribution is 7.07. The van der Waals surface area contributed by atoms with E-state index in [-0.39, 0.29) is 5.91 Å².